The molecule has 0 radical (unpaired) electrons. The Labute approximate surface area is 163 Å². The standard InChI is InChI=1S/C20H24N6O2/c1-14-19(15(2)26(23-14)17-7-5-4-6-8-17)18-13-28-10-9-25(18)20(27)22-16-11-21-24(3)12-16/h4-8,11-12,18H,9-10,13H2,1-3H3,(H,22,27)/t18-/m0/s1. The smallest absolute Gasteiger partial charge is 0.322 e. The normalized spacial score (nSPS) is 17.0. The van der Waals surface area contributed by atoms with Crippen LogP contribution in [0.15, 0.2) is 42.7 Å². The number of anilines is 1. The molecule has 1 atom stereocenters. The van der Waals surface area contributed by atoms with E-state index in [-0.39, 0.29) is 12.1 Å². The van der Waals surface area contributed by atoms with E-state index in [0.717, 1.165) is 22.6 Å². The predicted molar refractivity (Wildman–Crippen MR) is 106 cm³/mol. The Morgan fingerprint density at radius 3 is 2.75 bits per heavy atom. The van der Waals surface area contributed by atoms with Gasteiger partial charge in [0.2, 0.25) is 0 Å². The number of aryl methyl sites for hydroxylation is 2. The van der Waals surface area contributed by atoms with Gasteiger partial charge in [-0.25, -0.2) is 9.48 Å². The zero-order chi connectivity index (χ0) is 19.7. The number of ether oxygens (including phenoxy) is 1. The third-order valence-electron chi connectivity index (χ3n) is 5.03. The highest BCUT2D eigenvalue weighted by molar-refractivity contribution is 5.89. The van der Waals surface area contributed by atoms with Crippen LogP contribution < -0.4 is 5.32 Å². The van der Waals surface area contributed by atoms with E-state index in [9.17, 15) is 4.79 Å². The first-order chi connectivity index (χ1) is 13.5. The summed E-state index contributed by atoms with van der Waals surface area (Å²) in [5.74, 6) is 0. The average Bonchev–Trinajstić information content (AvgIpc) is 3.24. The molecule has 8 nitrogen and oxygen atoms in total. The molecule has 1 aliphatic heterocycles. The SMILES string of the molecule is Cc1nn(-c2ccccc2)c(C)c1[C@@H]1COCCN1C(=O)Nc1cnn(C)c1. The maximum Gasteiger partial charge on any atom is 0.322 e. The first-order valence-corrected chi connectivity index (χ1v) is 9.30. The summed E-state index contributed by atoms with van der Waals surface area (Å²) in [6.07, 6.45) is 3.41. The molecule has 28 heavy (non-hydrogen) atoms. The lowest BCUT2D eigenvalue weighted by atomic mass is 10.0. The fourth-order valence-corrected chi connectivity index (χ4v) is 3.72. The minimum Gasteiger partial charge on any atom is -0.377 e. The van der Waals surface area contributed by atoms with E-state index in [2.05, 4.69) is 10.4 Å². The molecule has 0 unspecified atom stereocenters. The van der Waals surface area contributed by atoms with E-state index >= 15 is 0 Å². The number of morpholine rings is 1. The van der Waals surface area contributed by atoms with Gasteiger partial charge in [0.15, 0.2) is 0 Å². The van der Waals surface area contributed by atoms with Crippen LogP contribution in [0.4, 0.5) is 10.5 Å². The van der Waals surface area contributed by atoms with Gasteiger partial charge in [-0.3, -0.25) is 4.68 Å². The van der Waals surface area contributed by atoms with E-state index < -0.39 is 0 Å². The molecular weight excluding hydrogens is 356 g/mol. The molecule has 0 bridgehead atoms. The summed E-state index contributed by atoms with van der Waals surface area (Å²) >= 11 is 0. The van der Waals surface area contributed by atoms with Gasteiger partial charge >= 0.3 is 6.03 Å². The predicted octanol–water partition coefficient (Wildman–Crippen LogP) is 2.83. The van der Waals surface area contributed by atoms with Crippen molar-refractivity contribution in [1.82, 2.24) is 24.5 Å². The molecule has 1 fully saturated rings. The number of rotatable bonds is 3. The summed E-state index contributed by atoms with van der Waals surface area (Å²) in [6, 6.07) is 9.65. The van der Waals surface area contributed by atoms with E-state index in [1.807, 2.05) is 60.8 Å². The van der Waals surface area contributed by atoms with Crippen LogP contribution in [0.1, 0.15) is 23.0 Å². The van der Waals surface area contributed by atoms with Crippen molar-refractivity contribution in [2.45, 2.75) is 19.9 Å². The fraction of sp³-hybridized carbons (Fsp3) is 0.350. The van der Waals surface area contributed by atoms with Crippen molar-refractivity contribution < 1.29 is 9.53 Å². The van der Waals surface area contributed by atoms with Gasteiger partial charge in [-0.2, -0.15) is 10.2 Å². The highest BCUT2D eigenvalue weighted by Gasteiger charge is 2.33. The zero-order valence-corrected chi connectivity index (χ0v) is 16.3. The first kappa shape index (κ1) is 18.2. The molecule has 3 heterocycles. The number of para-hydroxylation sites is 1. The van der Waals surface area contributed by atoms with Crippen molar-refractivity contribution in [2.75, 3.05) is 25.1 Å². The lowest BCUT2D eigenvalue weighted by molar-refractivity contribution is 0.0143. The van der Waals surface area contributed by atoms with Crippen LogP contribution in [0.3, 0.4) is 0 Å². The second kappa shape index (κ2) is 7.47. The second-order valence-corrected chi connectivity index (χ2v) is 6.95. The summed E-state index contributed by atoms with van der Waals surface area (Å²) < 4.78 is 9.31. The Hall–Kier alpha value is -3.13. The molecule has 1 saturated heterocycles. The van der Waals surface area contributed by atoms with Crippen molar-refractivity contribution in [1.29, 1.82) is 0 Å². The van der Waals surface area contributed by atoms with Crippen LogP contribution in [0.2, 0.25) is 0 Å². The Morgan fingerprint density at radius 2 is 2.04 bits per heavy atom. The number of carbonyl (C=O) groups is 1. The second-order valence-electron chi connectivity index (χ2n) is 6.95. The molecule has 0 saturated carbocycles. The lowest BCUT2D eigenvalue weighted by Gasteiger charge is -2.35. The summed E-state index contributed by atoms with van der Waals surface area (Å²) in [6.45, 7) is 5.50. The van der Waals surface area contributed by atoms with Gasteiger partial charge in [-0.15, -0.1) is 0 Å². The van der Waals surface area contributed by atoms with Gasteiger partial charge in [0.05, 0.1) is 42.5 Å². The topological polar surface area (TPSA) is 77.2 Å². The number of urea groups is 1. The summed E-state index contributed by atoms with van der Waals surface area (Å²) in [5.41, 5.74) is 4.61. The summed E-state index contributed by atoms with van der Waals surface area (Å²) in [4.78, 5) is 14.8. The van der Waals surface area contributed by atoms with Crippen LogP contribution in [-0.4, -0.2) is 50.3 Å². The third kappa shape index (κ3) is 3.38. The van der Waals surface area contributed by atoms with Crippen LogP contribution in [-0.2, 0) is 11.8 Å². The highest BCUT2D eigenvalue weighted by Crippen LogP contribution is 2.31. The molecule has 1 aromatic carbocycles. The van der Waals surface area contributed by atoms with Gasteiger partial charge in [-0.1, -0.05) is 18.2 Å². The molecule has 1 N–H and O–H groups in total. The van der Waals surface area contributed by atoms with Gasteiger partial charge in [-0.05, 0) is 26.0 Å². The van der Waals surface area contributed by atoms with Crippen molar-refractivity contribution in [3.8, 4) is 5.69 Å². The molecule has 1 aliphatic rings. The van der Waals surface area contributed by atoms with E-state index in [4.69, 9.17) is 9.84 Å². The first-order valence-electron chi connectivity index (χ1n) is 9.30. The quantitative estimate of drug-likeness (QED) is 0.758. The highest BCUT2D eigenvalue weighted by atomic mass is 16.5. The molecule has 3 aromatic rings. The van der Waals surface area contributed by atoms with Crippen LogP contribution in [0, 0.1) is 13.8 Å². The van der Waals surface area contributed by atoms with Crippen LogP contribution in [0.25, 0.3) is 5.69 Å². The molecule has 2 amide bonds. The summed E-state index contributed by atoms with van der Waals surface area (Å²) in [5, 5.41) is 11.8. The molecule has 146 valence electrons. The fourth-order valence-electron chi connectivity index (χ4n) is 3.72. The average molecular weight is 380 g/mol. The minimum absolute atomic E-state index is 0.160. The number of aromatic nitrogens is 4. The lowest BCUT2D eigenvalue weighted by Crippen LogP contribution is -2.45. The number of carbonyl (C=O) groups excluding carboxylic acids is 1. The van der Waals surface area contributed by atoms with Crippen molar-refractivity contribution in [3.05, 3.63) is 59.7 Å². The maximum atomic E-state index is 13.0. The number of benzene rings is 1. The van der Waals surface area contributed by atoms with Gasteiger partial charge in [0.25, 0.3) is 0 Å². The van der Waals surface area contributed by atoms with Gasteiger partial charge in [0.1, 0.15) is 0 Å². The molecular formula is C20H24N6O2. The van der Waals surface area contributed by atoms with Gasteiger partial charge in [0, 0.05) is 31.0 Å². The third-order valence-corrected chi connectivity index (χ3v) is 5.03. The number of amides is 2. The maximum absolute atomic E-state index is 13.0. The van der Waals surface area contributed by atoms with Crippen LogP contribution >= 0.6 is 0 Å². The Morgan fingerprint density at radius 1 is 1.25 bits per heavy atom. The molecule has 4 rings (SSSR count). The molecule has 2 aromatic heterocycles. The largest absolute Gasteiger partial charge is 0.377 e. The molecule has 0 aliphatic carbocycles. The van der Waals surface area contributed by atoms with E-state index in [1.54, 1.807) is 17.1 Å². The Bertz CT molecular complexity index is 978. The number of nitrogens with one attached hydrogen (secondary N) is 1. The van der Waals surface area contributed by atoms with E-state index in [1.165, 1.54) is 0 Å². The van der Waals surface area contributed by atoms with Gasteiger partial charge < -0.3 is 15.0 Å². The Kier molecular flexibility index (Phi) is 4.87. The zero-order valence-electron chi connectivity index (χ0n) is 16.3. The monoisotopic (exact) mass is 380 g/mol. The van der Waals surface area contributed by atoms with E-state index in [0.29, 0.717) is 25.4 Å². The van der Waals surface area contributed by atoms with Crippen molar-refractivity contribution in [3.63, 3.8) is 0 Å². The number of nitrogens with zero attached hydrogens (tertiary/aromatic N) is 5. The van der Waals surface area contributed by atoms with Crippen LogP contribution in [0.5, 0.6) is 0 Å². The summed E-state index contributed by atoms with van der Waals surface area (Å²) in [7, 11) is 1.82. The van der Waals surface area contributed by atoms with Crippen molar-refractivity contribution >= 4 is 11.7 Å². The van der Waals surface area contributed by atoms with Crippen molar-refractivity contribution in [2.24, 2.45) is 7.05 Å². The molecule has 0 spiro atoms. The number of hydrogen-bond donors (Lipinski definition) is 1. The number of hydrogen-bond acceptors (Lipinski definition) is 4. The molecule has 8 heteroatoms. The Balaban J connectivity index is 1.64. The minimum atomic E-state index is -0.192.